The number of hydrogen-bond acceptors (Lipinski definition) is 3. The van der Waals surface area contributed by atoms with Gasteiger partial charge in [-0.15, -0.1) is 0 Å². The molecule has 0 unspecified atom stereocenters. The number of halogens is 2. The van der Waals surface area contributed by atoms with Crippen LogP contribution < -0.4 is 10.7 Å². The van der Waals surface area contributed by atoms with Crippen LogP contribution in [0.3, 0.4) is 0 Å². The first kappa shape index (κ1) is 17.1. The lowest BCUT2D eigenvalue weighted by Gasteiger charge is -2.15. The van der Waals surface area contributed by atoms with E-state index in [0.29, 0.717) is 6.54 Å². The van der Waals surface area contributed by atoms with Gasteiger partial charge in [0.25, 0.3) is 5.91 Å². The molecule has 1 heterocycles. The zero-order valence-corrected chi connectivity index (χ0v) is 13.8. The van der Waals surface area contributed by atoms with Crippen molar-refractivity contribution in [2.24, 2.45) is 11.0 Å². The van der Waals surface area contributed by atoms with Crippen molar-refractivity contribution in [2.75, 3.05) is 6.54 Å². The normalized spacial score (nSPS) is 19.8. The largest absolute Gasteiger partial charge is 0.355 e. The molecular formula is C18H15ClFN3O2. The molecule has 0 radical (unpaired) electrons. The Kier molecular flexibility index (Phi) is 5.09. The molecule has 0 spiro atoms. The summed E-state index contributed by atoms with van der Waals surface area (Å²) in [5.74, 6) is -2.62. The Morgan fingerprint density at radius 3 is 2.72 bits per heavy atom. The van der Waals surface area contributed by atoms with E-state index in [1.807, 2.05) is 30.3 Å². The molecule has 3 rings (SSSR count). The minimum Gasteiger partial charge on any atom is -0.355 e. The van der Waals surface area contributed by atoms with Crippen LogP contribution in [0.5, 0.6) is 0 Å². The van der Waals surface area contributed by atoms with E-state index < -0.39 is 17.6 Å². The Labute approximate surface area is 148 Å². The number of benzene rings is 2. The van der Waals surface area contributed by atoms with Crippen molar-refractivity contribution in [3.05, 3.63) is 70.5 Å². The van der Waals surface area contributed by atoms with E-state index in [1.54, 1.807) is 0 Å². The number of nitrogens with zero attached hydrogens (tertiary/aromatic N) is 1. The van der Waals surface area contributed by atoms with Crippen molar-refractivity contribution in [1.29, 1.82) is 0 Å². The van der Waals surface area contributed by atoms with Crippen LogP contribution in [0.25, 0.3) is 0 Å². The number of carbonyl (C=O) groups is 2. The first-order valence-corrected chi connectivity index (χ1v) is 8.05. The number of nitrogens with one attached hydrogen (secondary N) is 2. The van der Waals surface area contributed by atoms with Gasteiger partial charge < -0.3 is 5.32 Å². The maximum atomic E-state index is 13.7. The Hall–Kier alpha value is -2.73. The number of hydrogen-bond donors (Lipinski definition) is 2. The third kappa shape index (κ3) is 3.69. The summed E-state index contributed by atoms with van der Waals surface area (Å²) in [6.07, 6.45) is 1.12. The zero-order chi connectivity index (χ0) is 17.8. The lowest BCUT2D eigenvalue weighted by molar-refractivity contribution is -0.133. The smallest absolute Gasteiger partial charge is 0.253 e. The highest BCUT2D eigenvalue weighted by Crippen LogP contribution is 2.29. The summed E-state index contributed by atoms with van der Waals surface area (Å²) >= 11 is 5.89. The van der Waals surface area contributed by atoms with E-state index in [-0.39, 0.29) is 22.4 Å². The molecular weight excluding hydrogens is 345 g/mol. The van der Waals surface area contributed by atoms with Crippen molar-refractivity contribution >= 4 is 29.6 Å². The fourth-order valence-electron chi connectivity index (χ4n) is 2.80. The van der Waals surface area contributed by atoms with Crippen molar-refractivity contribution in [2.45, 2.75) is 5.92 Å². The van der Waals surface area contributed by atoms with Crippen LogP contribution >= 0.6 is 11.6 Å². The van der Waals surface area contributed by atoms with Gasteiger partial charge in [0.05, 0.1) is 11.2 Å². The number of amides is 2. The van der Waals surface area contributed by atoms with Crippen LogP contribution in [0.2, 0.25) is 5.02 Å². The molecule has 0 aliphatic carbocycles. The second kappa shape index (κ2) is 7.44. The molecule has 2 aromatic rings. The highest BCUT2D eigenvalue weighted by molar-refractivity contribution is 6.33. The van der Waals surface area contributed by atoms with E-state index in [0.717, 1.165) is 11.8 Å². The summed E-state index contributed by atoms with van der Waals surface area (Å²) in [7, 11) is 0. The maximum Gasteiger partial charge on any atom is 0.253 e. The number of hydrazone groups is 1. The lowest BCUT2D eigenvalue weighted by atomic mass is 9.88. The molecule has 1 aliphatic rings. The lowest BCUT2D eigenvalue weighted by Crippen LogP contribution is -2.34. The summed E-state index contributed by atoms with van der Waals surface area (Å²) < 4.78 is 13.7. The van der Waals surface area contributed by atoms with E-state index >= 15 is 0 Å². The number of rotatable bonds is 4. The quantitative estimate of drug-likeness (QED) is 0.500. The van der Waals surface area contributed by atoms with Crippen LogP contribution in [0.1, 0.15) is 17.0 Å². The SMILES string of the molecule is O=C1NC[C@@H](c2ccccc2)[C@@H]1C(=O)N/N=C/c1c(F)cccc1Cl. The molecule has 5 nitrogen and oxygen atoms in total. The van der Waals surface area contributed by atoms with Crippen LogP contribution in [-0.2, 0) is 9.59 Å². The third-order valence-electron chi connectivity index (χ3n) is 4.06. The second-order valence-corrected chi connectivity index (χ2v) is 6.02. The number of carbonyl (C=O) groups excluding carboxylic acids is 2. The predicted octanol–water partition coefficient (Wildman–Crippen LogP) is 2.46. The standard InChI is InChI=1S/C18H15ClFN3O2/c19-14-7-4-8-15(20)13(14)10-22-23-18(25)16-12(9-21-17(16)24)11-5-2-1-3-6-11/h1-8,10,12,16H,9H2,(H,21,24)(H,23,25)/b22-10+/t12-,16-/m0/s1. The molecule has 128 valence electrons. The molecule has 0 aromatic heterocycles. The molecule has 25 heavy (non-hydrogen) atoms. The Morgan fingerprint density at radius 2 is 2.00 bits per heavy atom. The first-order valence-electron chi connectivity index (χ1n) is 7.67. The minimum absolute atomic E-state index is 0.0694. The van der Waals surface area contributed by atoms with Crippen LogP contribution in [-0.4, -0.2) is 24.6 Å². The first-order chi connectivity index (χ1) is 12.1. The van der Waals surface area contributed by atoms with Gasteiger partial charge in [0.1, 0.15) is 11.7 Å². The van der Waals surface area contributed by atoms with E-state index in [4.69, 9.17) is 11.6 Å². The molecule has 7 heteroatoms. The highest BCUT2D eigenvalue weighted by Gasteiger charge is 2.40. The highest BCUT2D eigenvalue weighted by atomic mass is 35.5. The van der Waals surface area contributed by atoms with Gasteiger partial charge >= 0.3 is 0 Å². The summed E-state index contributed by atoms with van der Waals surface area (Å²) in [6, 6.07) is 13.5. The van der Waals surface area contributed by atoms with Gasteiger partial charge in [-0.05, 0) is 17.7 Å². The van der Waals surface area contributed by atoms with Crippen molar-refractivity contribution < 1.29 is 14.0 Å². The Bertz CT molecular complexity index is 806. The van der Waals surface area contributed by atoms with E-state index in [2.05, 4.69) is 15.8 Å². The molecule has 2 atom stereocenters. The van der Waals surface area contributed by atoms with Gasteiger partial charge in [0, 0.05) is 18.0 Å². The molecule has 0 bridgehead atoms. The predicted molar refractivity (Wildman–Crippen MR) is 92.8 cm³/mol. The van der Waals surface area contributed by atoms with Gasteiger partial charge in [0.2, 0.25) is 5.91 Å². The Balaban J connectivity index is 1.73. The molecule has 2 N–H and O–H groups in total. The molecule has 1 saturated heterocycles. The van der Waals surface area contributed by atoms with Gasteiger partial charge in [-0.3, -0.25) is 9.59 Å². The van der Waals surface area contributed by atoms with Crippen molar-refractivity contribution in [3.8, 4) is 0 Å². The molecule has 2 amide bonds. The van der Waals surface area contributed by atoms with Gasteiger partial charge in [0.15, 0.2) is 0 Å². The van der Waals surface area contributed by atoms with Gasteiger partial charge in [-0.1, -0.05) is 48.0 Å². The topological polar surface area (TPSA) is 70.6 Å². The van der Waals surface area contributed by atoms with E-state index in [9.17, 15) is 14.0 Å². The fourth-order valence-corrected chi connectivity index (χ4v) is 3.01. The van der Waals surface area contributed by atoms with Gasteiger partial charge in [-0.25, -0.2) is 9.82 Å². The van der Waals surface area contributed by atoms with Crippen LogP contribution in [0, 0.1) is 11.7 Å². The monoisotopic (exact) mass is 359 g/mol. The maximum absolute atomic E-state index is 13.7. The molecule has 0 saturated carbocycles. The molecule has 1 fully saturated rings. The Morgan fingerprint density at radius 1 is 1.24 bits per heavy atom. The summed E-state index contributed by atoms with van der Waals surface area (Å²) in [5, 5.41) is 6.61. The second-order valence-electron chi connectivity index (χ2n) is 5.61. The summed E-state index contributed by atoms with van der Waals surface area (Å²) in [6.45, 7) is 0.379. The zero-order valence-electron chi connectivity index (χ0n) is 13.1. The van der Waals surface area contributed by atoms with Crippen molar-refractivity contribution in [1.82, 2.24) is 10.7 Å². The third-order valence-corrected chi connectivity index (χ3v) is 4.39. The summed E-state index contributed by atoms with van der Waals surface area (Å²) in [4.78, 5) is 24.4. The van der Waals surface area contributed by atoms with Crippen molar-refractivity contribution in [3.63, 3.8) is 0 Å². The van der Waals surface area contributed by atoms with Crippen LogP contribution in [0.4, 0.5) is 4.39 Å². The van der Waals surface area contributed by atoms with E-state index in [1.165, 1.54) is 18.2 Å². The average molecular weight is 360 g/mol. The molecule has 2 aromatic carbocycles. The fraction of sp³-hybridized carbons (Fsp3) is 0.167. The summed E-state index contributed by atoms with van der Waals surface area (Å²) in [5.41, 5.74) is 3.26. The van der Waals surface area contributed by atoms with Gasteiger partial charge in [-0.2, -0.15) is 5.10 Å². The molecule has 1 aliphatic heterocycles. The average Bonchev–Trinajstić information content (AvgIpc) is 3.00. The van der Waals surface area contributed by atoms with Crippen LogP contribution in [0.15, 0.2) is 53.6 Å². The minimum atomic E-state index is -0.893.